The molecule has 7 nitrogen and oxygen atoms in total. The van der Waals surface area contributed by atoms with Gasteiger partial charge < -0.3 is 15.4 Å². The van der Waals surface area contributed by atoms with E-state index in [2.05, 4.69) is 15.6 Å². The smallest absolute Gasteiger partial charge is 0.216 e. The second kappa shape index (κ2) is 11.2. The molecule has 0 aromatic heterocycles. The second-order valence-electron chi connectivity index (χ2n) is 6.67. The Morgan fingerprint density at radius 2 is 1.85 bits per heavy atom. The molecule has 3 unspecified atom stereocenters. The third-order valence-corrected chi connectivity index (χ3v) is 6.11. The van der Waals surface area contributed by atoms with Gasteiger partial charge in [-0.15, -0.1) is 24.0 Å². The number of halogens is 1. The number of benzene rings is 1. The van der Waals surface area contributed by atoms with Gasteiger partial charge in [-0.1, -0.05) is 30.3 Å². The molecule has 154 valence electrons. The van der Waals surface area contributed by atoms with Crippen molar-refractivity contribution in [2.24, 2.45) is 4.99 Å². The molecule has 1 fully saturated rings. The Morgan fingerprint density at radius 3 is 2.41 bits per heavy atom. The highest BCUT2D eigenvalue weighted by molar-refractivity contribution is 14.0. The van der Waals surface area contributed by atoms with E-state index in [0.717, 1.165) is 5.56 Å². The topological polar surface area (TPSA) is 83.0 Å². The predicted octanol–water partition coefficient (Wildman–Crippen LogP) is 1.97. The molecule has 0 radical (unpaired) electrons. The van der Waals surface area contributed by atoms with E-state index in [1.54, 1.807) is 7.05 Å². The van der Waals surface area contributed by atoms with Crippen LogP contribution in [0.3, 0.4) is 0 Å². The van der Waals surface area contributed by atoms with Gasteiger partial charge >= 0.3 is 0 Å². The summed E-state index contributed by atoms with van der Waals surface area (Å²) in [5.74, 6) is 0.604. The van der Waals surface area contributed by atoms with E-state index in [9.17, 15) is 8.42 Å². The molecule has 1 aromatic carbocycles. The zero-order valence-corrected chi connectivity index (χ0v) is 19.5. The molecule has 0 saturated carbocycles. The summed E-state index contributed by atoms with van der Waals surface area (Å²) in [5, 5.41) is 6.36. The Labute approximate surface area is 180 Å². The average Bonchev–Trinajstić information content (AvgIpc) is 2.60. The maximum absolute atomic E-state index is 12.6. The Kier molecular flexibility index (Phi) is 9.99. The van der Waals surface area contributed by atoms with Gasteiger partial charge in [0.1, 0.15) is 0 Å². The number of nitrogens with zero attached hydrogens (tertiary/aromatic N) is 2. The standard InChI is InChI=1S/C18H30N4O3S.HI/c1-14-12-22(13-15(2)25-14)26(23,24)11-10-20-18(19-4)21-16(3)17-8-6-5-7-9-17;/h5-9,14-16H,10-13H2,1-4H3,(H2,19,20,21);1H. The van der Waals surface area contributed by atoms with Crippen LogP contribution >= 0.6 is 24.0 Å². The van der Waals surface area contributed by atoms with E-state index >= 15 is 0 Å². The van der Waals surface area contributed by atoms with Gasteiger partial charge in [0.2, 0.25) is 10.0 Å². The van der Waals surface area contributed by atoms with Crippen LogP contribution in [0.25, 0.3) is 0 Å². The minimum atomic E-state index is -3.33. The number of hydrogen-bond acceptors (Lipinski definition) is 4. The molecule has 3 atom stereocenters. The Bertz CT molecular complexity index is 690. The van der Waals surface area contributed by atoms with Crippen molar-refractivity contribution < 1.29 is 13.2 Å². The van der Waals surface area contributed by atoms with E-state index < -0.39 is 10.0 Å². The first kappa shape index (κ1) is 24.1. The monoisotopic (exact) mass is 510 g/mol. The molecule has 2 N–H and O–H groups in total. The summed E-state index contributed by atoms with van der Waals surface area (Å²) < 4.78 is 32.3. The fraction of sp³-hybridized carbons (Fsp3) is 0.611. The van der Waals surface area contributed by atoms with Crippen LogP contribution in [-0.4, -0.2) is 63.3 Å². The van der Waals surface area contributed by atoms with Crippen molar-refractivity contribution in [2.75, 3.05) is 32.4 Å². The quantitative estimate of drug-likeness (QED) is 0.348. The summed E-state index contributed by atoms with van der Waals surface area (Å²) >= 11 is 0. The lowest BCUT2D eigenvalue weighted by atomic mass is 10.1. The molecular weight excluding hydrogens is 479 g/mol. The lowest BCUT2D eigenvalue weighted by Crippen LogP contribution is -2.50. The number of sulfonamides is 1. The number of guanidine groups is 1. The maximum Gasteiger partial charge on any atom is 0.216 e. The number of rotatable bonds is 6. The highest BCUT2D eigenvalue weighted by atomic mass is 127. The maximum atomic E-state index is 12.6. The molecular formula is C18H31IN4O3S. The molecule has 0 amide bonds. The van der Waals surface area contributed by atoms with Gasteiger partial charge in [0.25, 0.3) is 0 Å². The fourth-order valence-electron chi connectivity index (χ4n) is 3.01. The van der Waals surface area contributed by atoms with Gasteiger partial charge in [-0.05, 0) is 26.3 Å². The molecule has 1 heterocycles. The summed E-state index contributed by atoms with van der Waals surface area (Å²) in [6.45, 7) is 6.94. The van der Waals surface area contributed by atoms with Crippen LogP contribution < -0.4 is 10.6 Å². The lowest BCUT2D eigenvalue weighted by molar-refractivity contribution is -0.0440. The van der Waals surface area contributed by atoms with Crippen LogP contribution in [0.2, 0.25) is 0 Å². The highest BCUT2D eigenvalue weighted by Gasteiger charge is 2.30. The number of aliphatic imine (C=N–C) groups is 1. The highest BCUT2D eigenvalue weighted by Crippen LogP contribution is 2.14. The minimum Gasteiger partial charge on any atom is -0.373 e. The average molecular weight is 510 g/mol. The van der Waals surface area contributed by atoms with Crippen LogP contribution in [0, 0.1) is 0 Å². The second-order valence-corrected chi connectivity index (χ2v) is 8.75. The van der Waals surface area contributed by atoms with Crippen LogP contribution in [-0.2, 0) is 14.8 Å². The molecule has 27 heavy (non-hydrogen) atoms. The molecule has 9 heteroatoms. The number of ether oxygens (including phenoxy) is 1. The molecule has 1 aromatic rings. The summed E-state index contributed by atoms with van der Waals surface area (Å²) in [4.78, 5) is 4.18. The largest absolute Gasteiger partial charge is 0.373 e. The Hall–Kier alpha value is -0.910. The lowest BCUT2D eigenvalue weighted by Gasteiger charge is -2.34. The molecule has 0 aliphatic carbocycles. The SMILES string of the molecule is CN=C(NCCS(=O)(=O)N1CC(C)OC(C)C1)NC(C)c1ccccc1.I. The van der Waals surface area contributed by atoms with Gasteiger partial charge in [0, 0.05) is 26.7 Å². The van der Waals surface area contributed by atoms with Gasteiger partial charge in [0.05, 0.1) is 24.0 Å². The van der Waals surface area contributed by atoms with Crippen molar-refractivity contribution >= 4 is 40.0 Å². The third-order valence-electron chi connectivity index (χ3n) is 4.31. The van der Waals surface area contributed by atoms with Gasteiger partial charge in [-0.25, -0.2) is 8.42 Å². The Morgan fingerprint density at radius 1 is 1.26 bits per heavy atom. The third kappa shape index (κ3) is 7.55. The number of hydrogen-bond donors (Lipinski definition) is 2. The fourth-order valence-corrected chi connectivity index (χ4v) is 4.50. The van der Waals surface area contributed by atoms with Crippen molar-refractivity contribution in [3.05, 3.63) is 35.9 Å². The first-order valence-electron chi connectivity index (χ1n) is 8.97. The molecule has 0 spiro atoms. The van der Waals surface area contributed by atoms with Crippen molar-refractivity contribution in [1.29, 1.82) is 0 Å². The van der Waals surface area contributed by atoms with Crippen LogP contribution in [0.4, 0.5) is 0 Å². The minimum absolute atomic E-state index is 0. The Balaban J connectivity index is 0.00000364. The van der Waals surface area contributed by atoms with Crippen molar-refractivity contribution in [2.45, 2.75) is 39.0 Å². The summed E-state index contributed by atoms with van der Waals surface area (Å²) in [6, 6.07) is 10.1. The van der Waals surface area contributed by atoms with Crippen molar-refractivity contribution in [1.82, 2.24) is 14.9 Å². The number of nitrogens with one attached hydrogen (secondary N) is 2. The summed E-state index contributed by atoms with van der Waals surface area (Å²) in [5.41, 5.74) is 1.14. The van der Waals surface area contributed by atoms with E-state index in [0.29, 0.717) is 25.6 Å². The zero-order valence-electron chi connectivity index (χ0n) is 16.4. The van der Waals surface area contributed by atoms with E-state index in [4.69, 9.17) is 4.74 Å². The molecule has 1 aliphatic heterocycles. The van der Waals surface area contributed by atoms with E-state index in [1.807, 2.05) is 51.1 Å². The van der Waals surface area contributed by atoms with Gasteiger partial charge in [0.15, 0.2) is 5.96 Å². The first-order valence-corrected chi connectivity index (χ1v) is 10.6. The molecule has 1 saturated heterocycles. The number of morpholine rings is 1. The normalized spacial score (nSPS) is 22.6. The van der Waals surface area contributed by atoms with Crippen LogP contribution in [0.15, 0.2) is 35.3 Å². The van der Waals surface area contributed by atoms with Crippen LogP contribution in [0.5, 0.6) is 0 Å². The molecule has 0 bridgehead atoms. The van der Waals surface area contributed by atoms with Gasteiger partial charge in [-0.3, -0.25) is 4.99 Å². The van der Waals surface area contributed by atoms with E-state index in [1.165, 1.54) is 4.31 Å². The first-order chi connectivity index (χ1) is 12.3. The molecule has 1 aliphatic rings. The van der Waals surface area contributed by atoms with Gasteiger partial charge in [-0.2, -0.15) is 4.31 Å². The van der Waals surface area contributed by atoms with Crippen molar-refractivity contribution in [3.63, 3.8) is 0 Å². The zero-order chi connectivity index (χ0) is 19.2. The van der Waals surface area contributed by atoms with Crippen LogP contribution in [0.1, 0.15) is 32.4 Å². The van der Waals surface area contributed by atoms with Crippen molar-refractivity contribution in [3.8, 4) is 0 Å². The summed E-state index contributed by atoms with van der Waals surface area (Å²) in [7, 11) is -1.65. The van der Waals surface area contributed by atoms with E-state index in [-0.39, 0.29) is 48.0 Å². The molecule has 2 rings (SSSR count). The predicted molar refractivity (Wildman–Crippen MR) is 120 cm³/mol. The summed E-state index contributed by atoms with van der Waals surface area (Å²) in [6.07, 6.45) is -0.162.